The molecule has 0 amide bonds. The van der Waals surface area contributed by atoms with Crippen LogP contribution in [0.4, 0.5) is 0 Å². The van der Waals surface area contributed by atoms with Crippen molar-refractivity contribution in [3.05, 3.63) is 157 Å². The molecule has 0 saturated heterocycles. The Kier molecular flexibility index (Phi) is 8.56. The third-order valence-electron chi connectivity index (χ3n) is 6.73. The van der Waals surface area contributed by atoms with E-state index in [9.17, 15) is 0 Å². The quantitative estimate of drug-likeness (QED) is 0.136. The minimum atomic E-state index is 0. The molecule has 7 rings (SSSR count). The summed E-state index contributed by atoms with van der Waals surface area (Å²) in [6.45, 7) is 2.05. The molecule has 0 N–H and O–H groups in total. The van der Waals surface area contributed by atoms with Crippen LogP contribution >= 0.6 is 0 Å². The number of hydrogen-bond acceptors (Lipinski definition) is 2. The summed E-state index contributed by atoms with van der Waals surface area (Å²) in [5, 5.41) is 5.11. The molecule has 2 nitrogen and oxygen atoms in total. The molecule has 0 saturated carbocycles. The molecule has 0 bridgehead atoms. The van der Waals surface area contributed by atoms with Gasteiger partial charge in [-0.15, -0.1) is 65.7 Å². The van der Waals surface area contributed by atoms with Crippen LogP contribution in [-0.4, -0.2) is 9.97 Å². The predicted octanol–water partition coefficient (Wildman–Crippen LogP) is 9.38. The summed E-state index contributed by atoms with van der Waals surface area (Å²) in [5.74, 6) is 0. The maximum Gasteiger partial charge on any atom is 0.0190 e. The fourth-order valence-electron chi connectivity index (χ4n) is 4.75. The van der Waals surface area contributed by atoms with Gasteiger partial charge < -0.3 is 9.97 Å². The molecule has 0 aliphatic heterocycles. The summed E-state index contributed by atoms with van der Waals surface area (Å²) in [7, 11) is 0. The second-order valence-corrected chi connectivity index (χ2v) is 9.39. The molecular formula is C37H26IrN2-2. The van der Waals surface area contributed by atoms with Gasteiger partial charge in [0.2, 0.25) is 0 Å². The van der Waals surface area contributed by atoms with E-state index in [-0.39, 0.29) is 20.1 Å². The van der Waals surface area contributed by atoms with Gasteiger partial charge in [-0.1, -0.05) is 90.0 Å². The minimum absolute atomic E-state index is 0. The van der Waals surface area contributed by atoms with E-state index in [4.69, 9.17) is 0 Å². The number of benzene rings is 5. The van der Waals surface area contributed by atoms with Crippen molar-refractivity contribution < 1.29 is 20.1 Å². The van der Waals surface area contributed by atoms with E-state index in [1.54, 1.807) is 6.20 Å². The Hall–Kier alpha value is -4.43. The van der Waals surface area contributed by atoms with Crippen LogP contribution in [0.1, 0.15) is 5.56 Å². The Morgan fingerprint density at radius 1 is 0.575 bits per heavy atom. The topological polar surface area (TPSA) is 25.8 Å². The molecule has 5 aromatic carbocycles. The largest absolute Gasteiger partial charge is 0.305 e. The van der Waals surface area contributed by atoms with Crippen molar-refractivity contribution in [1.82, 2.24) is 9.97 Å². The Morgan fingerprint density at radius 2 is 1.30 bits per heavy atom. The standard InChI is InChI=1S/C26H18N.C11H8N.Ir/c1-18-10-15-26(27-17-18)20-13-11-19(12-14-20)25-16-21-6-2-3-7-22(21)23-8-4-5-9-24(23)25;1-2-6-10(7-3-1)11-8-4-5-9-12-11;/h2-13,15-17H,1H3;1-6,8-9H;/q2*-1;. The van der Waals surface area contributed by atoms with Crippen molar-refractivity contribution in [2.75, 3.05) is 0 Å². The van der Waals surface area contributed by atoms with Crippen LogP contribution in [0.3, 0.4) is 0 Å². The van der Waals surface area contributed by atoms with Crippen LogP contribution < -0.4 is 0 Å². The number of aromatic nitrogens is 2. The minimum Gasteiger partial charge on any atom is -0.305 e. The van der Waals surface area contributed by atoms with E-state index in [1.807, 2.05) is 54.7 Å². The van der Waals surface area contributed by atoms with E-state index in [0.29, 0.717) is 0 Å². The molecule has 0 atom stereocenters. The number of aryl methyl sites for hydroxylation is 1. The summed E-state index contributed by atoms with van der Waals surface area (Å²) < 4.78 is 0. The Morgan fingerprint density at radius 3 is 2.00 bits per heavy atom. The average Bonchev–Trinajstić information content (AvgIpc) is 3.02. The summed E-state index contributed by atoms with van der Waals surface area (Å²) in [5.41, 5.74) is 7.56. The van der Waals surface area contributed by atoms with E-state index < -0.39 is 0 Å². The van der Waals surface area contributed by atoms with E-state index >= 15 is 0 Å². The van der Waals surface area contributed by atoms with Crippen LogP contribution in [0.2, 0.25) is 0 Å². The zero-order valence-corrected chi connectivity index (χ0v) is 24.4. The first-order chi connectivity index (χ1) is 19.3. The molecule has 0 spiro atoms. The average molecular weight is 691 g/mol. The molecule has 0 aliphatic rings. The van der Waals surface area contributed by atoms with Crippen LogP contribution in [0.25, 0.3) is 55.2 Å². The third kappa shape index (κ3) is 5.92. The predicted molar refractivity (Wildman–Crippen MR) is 162 cm³/mol. The van der Waals surface area contributed by atoms with Gasteiger partial charge in [0.1, 0.15) is 0 Å². The second kappa shape index (κ2) is 12.6. The molecule has 3 heteroatoms. The normalized spacial score (nSPS) is 10.4. The van der Waals surface area contributed by atoms with Gasteiger partial charge in [0, 0.05) is 32.5 Å². The Labute approximate surface area is 248 Å². The van der Waals surface area contributed by atoms with E-state index in [0.717, 1.165) is 28.1 Å². The maximum atomic E-state index is 4.51. The fraction of sp³-hybridized carbons (Fsp3) is 0.0270. The number of pyridine rings is 2. The molecule has 2 heterocycles. The number of rotatable bonds is 3. The fourth-order valence-corrected chi connectivity index (χ4v) is 4.75. The molecule has 195 valence electrons. The zero-order chi connectivity index (χ0) is 26.4. The van der Waals surface area contributed by atoms with Gasteiger partial charge in [0.25, 0.3) is 0 Å². The first-order valence-electron chi connectivity index (χ1n) is 13.0. The molecule has 0 aliphatic carbocycles. The smallest absolute Gasteiger partial charge is 0.0190 e. The molecule has 0 fully saturated rings. The van der Waals surface area contributed by atoms with Crippen LogP contribution in [0.5, 0.6) is 0 Å². The van der Waals surface area contributed by atoms with Gasteiger partial charge in [0.05, 0.1) is 0 Å². The number of fused-ring (bicyclic) bond motifs is 3. The maximum absolute atomic E-state index is 4.51. The second-order valence-electron chi connectivity index (χ2n) is 9.39. The summed E-state index contributed by atoms with van der Waals surface area (Å²) in [6, 6.07) is 50.2. The van der Waals surface area contributed by atoms with Gasteiger partial charge in [-0.25, -0.2) is 0 Å². The first-order valence-corrected chi connectivity index (χ1v) is 13.0. The summed E-state index contributed by atoms with van der Waals surface area (Å²) in [6.07, 6.45) is 3.68. The summed E-state index contributed by atoms with van der Waals surface area (Å²) in [4.78, 5) is 8.73. The molecular weight excluding hydrogens is 665 g/mol. The Balaban J connectivity index is 0.000000209. The van der Waals surface area contributed by atoms with Gasteiger partial charge in [-0.2, -0.15) is 0 Å². The number of hydrogen-bond donors (Lipinski definition) is 0. The number of nitrogens with zero attached hydrogens (tertiary/aromatic N) is 2. The van der Waals surface area contributed by atoms with Crippen molar-refractivity contribution in [3.63, 3.8) is 0 Å². The summed E-state index contributed by atoms with van der Waals surface area (Å²) >= 11 is 0. The Bertz CT molecular complexity index is 1790. The first kappa shape index (κ1) is 27.1. The van der Waals surface area contributed by atoms with Gasteiger partial charge >= 0.3 is 0 Å². The van der Waals surface area contributed by atoms with Crippen molar-refractivity contribution >= 4 is 21.5 Å². The van der Waals surface area contributed by atoms with Crippen molar-refractivity contribution in [3.8, 4) is 33.6 Å². The van der Waals surface area contributed by atoms with Gasteiger partial charge in [0.15, 0.2) is 0 Å². The molecule has 7 aromatic rings. The van der Waals surface area contributed by atoms with Gasteiger partial charge in [-0.3, -0.25) is 0 Å². The third-order valence-corrected chi connectivity index (χ3v) is 6.73. The van der Waals surface area contributed by atoms with E-state index in [1.165, 1.54) is 32.7 Å². The zero-order valence-electron chi connectivity index (χ0n) is 22.0. The molecule has 0 unspecified atom stereocenters. The molecule has 1 radical (unpaired) electrons. The molecule has 2 aromatic heterocycles. The van der Waals surface area contributed by atoms with Gasteiger partial charge in [-0.05, 0) is 51.5 Å². The van der Waals surface area contributed by atoms with E-state index in [2.05, 4.69) is 108 Å². The van der Waals surface area contributed by atoms with Crippen LogP contribution in [0, 0.1) is 19.1 Å². The van der Waals surface area contributed by atoms with Crippen molar-refractivity contribution in [1.29, 1.82) is 0 Å². The van der Waals surface area contributed by atoms with Crippen LogP contribution in [-0.2, 0) is 20.1 Å². The van der Waals surface area contributed by atoms with Crippen LogP contribution in [0.15, 0.2) is 140 Å². The van der Waals surface area contributed by atoms with Crippen molar-refractivity contribution in [2.45, 2.75) is 6.92 Å². The molecule has 40 heavy (non-hydrogen) atoms. The SMILES string of the molecule is Cc1ccc(-c2[c-]cc(-c3cc4ccccc4c4ccccc34)cc2)nc1.[Ir].[c-]1ccccc1-c1ccccn1. The van der Waals surface area contributed by atoms with Crippen molar-refractivity contribution in [2.24, 2.45) is 0 Å². The monoisotopic (exact) mass is 691 g/mol.